The molecule has 1 heterocycles. The maximum Gasteiger partial charge on any atom is 0.191 e. The standard InChI is InChI=1S/C17H25N5S.HI/c1-15-5-7-16(8-6-15)23-14-11-20-17(18-2)19-9-3-12-22-13-4-10-21-22;/h4-8,10,13H,3,9,11-12,14H2,1-2H3,(H2,18,19,20);1H. The van der Waals surface area contributed by atoms with Gasteiger partial charge < -0.3 is 10.6 Å². The van der Waals surface area contributed by atoms with Gasteiger partial charge in [0.25, 0.3) is 0 Å². The third-order valence-electron chi connectivity index (χ3n) is 3.32. The van der Waals surface area contributed by atoms with Gasteiger partial charge in [-0.15, -0.1) is 35.7 Å². The van der Waals surface area contributed by atoms with E-state index < -0.39 is 0 Å². The highest BCUT2D eigenvalue weighted by molar-refractivity contribution is 14.0. The molecule has 132 valence electrons. The first-order chi connectivity index (χ1) is 11.3. The minimum absolute atomic E-state index is 0. The lowest BCUT2D eigenvalue weighted by Gasteiger charge is -2.11. The van der Waals surface area contributed by atoms with Crippen LogP contribution in [-0.4, -0.2) is 41.6 Å². The van der Waals surface area contributed by atoms with Crippen LogP contribution in [0.15, 0.2) is 52.6 Å². The van der Waals surface area contributed by atoms with E-state index >= 15 is 0 Å². The quantitative estimate of drug-likeness (QED) is 0.209. The summed E-state index contributed by atoms with van der Waals surface area (Å²) in [6.45, 7) is 4.79. The van der Waals surface area contributed by atoms with E-state index in [0.717, 1.165) is 37.8 Å². The summed E-state index contributed by atoms with van der Waals surface area (Å²) >= 11 is 1.85. The zero-order chi connectivity index (χ0) is 16.3. The summed E-state index contributed by atoms with van der Waals surface area (Å²) in [6.07, 6.45) is 4.80. The summed E-state index contributed by atoms with van der Waals surface area (Å²) in [7, 11) is 1.80. The number of guanidine groups is 1. The van der Waals surface area contributed by atoms with Crippen LogP contribution >= 0.6 is 35.7 Å². The van der Waals surface area contributed by atoms with Crippen molar-refractivity contribution in [2.24, 2.45) is 4.99 Å². The maximum absolute atomic E-state index is 4.24. The highest BCUT2D eigenvalue weighted by Crippen LogP contribution is 2.17. The molecule has 0 radical (unpaired) electrons. The molecule has 2 aromatic rings. The lowest BCUT2D eigenvalue weighted by atomic mass is 10.2. The Kier molecular flexibility index (Phi) is 10.6. The number of aliphatic imine (C=N–C) groups is 1. The van der Waals surface area contributed by atoms with Gasteiger partial charge in [0.05, 0.1) is 0 Å². The molecule has 24 heavy (non-hydrogen) atoms. The van der Waals surface area contributed by atoms with Gasteiger partial charge in [-0.25, -0.2) is 0 Å². The number of hydrogen-bond acceptors (Lipinski definition) is 3. The van der Waals surface area contributed by atoms with Crippen LogP contribution in [0.4, 0.5) is 0 Å². The Balaban J connectivity index is 0.00000288. The molecule has 0 amide bonds. The summed E-state index contributed by atoms with van der Waals surface area (Å²) < 4.78 is 1.94. The van der Waals surface area contributed by atoms with Gasteiger partial charge in [-0.1, -0.05) is 17.7 Å². The fourth-order valence-corrected chi connectivity index (χ4v) is 2.84. The van der Waals surface area contributed by atoms with Crippen molar-refractivity contribution >= 4 is 41.7 Å². The fourth-order valence-electron chi connectivity index (χ4n) is 2.07. The molecule has 0 saturated carbocycles. The van der Waals surface area contributed by atoms with Gasteiger partial charge in [-0.05, 0) is 31.5 Å². The predicted octanol–water partition coefficient (Wildman–Crippen LogP) is 3.16. The summed E-state index contributed by atoms with van der Waals surface area (Å²) in [6, 6.07) is 10.6. The van der Waals surface area contributed by atoms with Crippen molar-refractivity contribution in [1.82, 2.24) is 20.4 Å². The minimum Gasteiger partial charge on any atom is -0.356 e. The summed E-state index contributed by atoms with van der Waals surface area (Å²) in [4.78, 5) is 5.55. The SMILES string of the molecule is CN=C(NCCCn1cccn1)NCCSc1ccc(C)cc1.I. The Morgan fingerprint density at radius 3 is 2.62 bits per heavy atom. The number of benzene rings is 1. The lowest BCUT2D eigenvalue weighted by molar-refractivity contribution is 0.570. The number of thioether (sulfide) groups is 1. The van der Waals surface area contributed by atoms with Gasteiger partial charge in [0.1, 0.15) is 0 Å². The Labute approximate surface area is 165 Å². The van der Waals surface area contributed by atoms with E-state index in [-0.39, 0.29) is 24.0 Å². The van der Waals surface area contributed by atoms with Gasteiger partial charge >= 0.3 is 0 Å². The second-order valence-electron chi connectivity index (χ2n) is 5.21. The van der Waals surface area contributed by atoms with Crippen molar-refractivity contribution in [3.8, 4) is 0 Å². The Morgan fingerprint density at radius 1 is 1.21 bits per heavy atom. The zero-order valence-electron chi connectivity index (χ0n) is 14.2. The molecule has 1 aromatic heterocycles. The zero-order valence-corrected chi connectivity index (χ0v) is 17.4. The molecule has 0 aliphatic carbocycles. The summed E-state index contributed by atoms with van der Waals surface area (Å²) in [5, 5.41) is 10.9. The molecule has 1 aromatic carbocycles. The molecule has 0 atom stereocenters. The van der Waals surface area contributed by atoms with Crippen LogP contribution in [0.3, 0.4) is 0 Å². The molecular formula is C17H26IN5S. The average Bonchev–Trinajstić information content (AvgIpc) is 3.08. The van der Waals surface area contributed by atoms with Crippen molar-refractivity contribution in [3.05, 3.63) is 48.3 Å². The summed E-state index contributed by atoms with van der Waals surface area (Å²) in [5.74, 6) is 1.87. The van der Waals surface area contributed by atoms with E-state index in [2.05, 4.69) is 51.9 Å². The predicted molar refractivity (Wildman–Crippen MR) is 114 cm³/mol. The number of hydrogen-bond donors (Lipinski definition) is 2. The monoisotopic (exact) mass is 459 g/mol. The van der Waals surface area contributed by atoms with Crippen molar-refractivity contribution in [2.45, 2.75) is 24.8 Å². The second kappa shape index (κ2) is 12.2. The molecule has 2 rings (SSSR count). The highest BCUT2D eigenvalue weighted by atomic mass is 127. The van der Waals surface area contributed by atoms with Gasteiger partial charge in [-0.3, -0.25) is 9.67 Å². The molecule has 2 N–H and O–H groups in total. The Morgan fingerprint density at radius 2 is 1.96 bits per heavy atom. The number of nitrogens with one attached hydrogen (secondary N) is 2. The molecule has 0 bridgehead atoms. The molecule has 7 heteroatoms. The van der Waals surface area contributed by atoms with Gasteiger partial charge in [0, 0.05) is 49.7 Å². The summed E-state index contributed by atoms with van der Waals surface area (Å²) in [5.41, 5.74) is 1.30. The molecule has 0 spiro atoms. The molecule has 0 unspecified atom stereocenters. The number of halogens is 1. The Bertz CT molecular complexity index is 584. The molecule has 0 saturated heterocycles. The topological polar surface area (TPSA) is 54.2 Å². The smallest absolute Gasteiger partial charge is 0.191 e. The molecule has 0 aliphatic rings. The van der Waals surface area contributed by atoms with E-state index in [1.807, 2.05) is 28.7 Å². The third kappa shape index (κ3) is 8.05. The van der Waals surface area contributed by atoms with Crippen LogP contribution < -0.4 is 10.6 Å². The fraction of sp³-hybridized carbons (Fsp3) is 0.412. The van der Waals surface area contributed by atoms with E-state index in [0.29, 0.717) is 0 Å². The van der Waals surface area contributed by atoms with Crippen molar-refractivity contribution < 1.29 is 0 Å². The van der Waals surface area contributed by atoms with E-state index in [4.69, 9.17) is 0 Å². The van der Waals surface area contributed by atoms with Gasteiger partial charge in [0.2, 0.25) is 0 Å². The van der Waals surface area contributed by atoms with E-state index in [1.165, 1.54) is 10.5 Å². The van der Waals surface area contributed by atoms with E-state index in [1.54, 1.807) is 13.2 Å². The first-order valence-corrected chi connectivity index (χ1v) is 8.88. The molecule has 5 nitrogen and oxygen atoms in total. The first-order valence-electron chi connectivity index (χ1n) is 7.89. The maximum atomic E-state index is 4.24. The van der Waals surface area contributed by atoms with Crippen LogP contribution in [0.2, 0.25) is 0 Å². The third-order valence-corrected chi connectivity index (χ3v) is 4.34. The van der Waals surface area contributed by atoms with Crippen LogP contribution in [0, 0.1) is 6.92 Å². The first kappa shape index (κ1) is 20.8. The normalized spacial score (nSPS) is 11.0. The molecular weight excluding hydrogens is 433 g/mol. The van der Waals surface area contributed by atoms with Crippen molar-refractivity contribution in [2.75, 3.05) is 25.9 Å². The average molecular weight is 459 g/mol. The Hall–Kier alpha value is -1.22. The number of nitrogens with zero attached hydrogens (tertiary/aromatic N) is 3. The molecule has 0 aliphatic heterocycles. The van der Waals surface area contributed by atoms with Crippen LogP contribution in [0.5, 0.6) is 0 Å². The van der Waals surface area contributed by atoms with Crippen molar-refractivity contribution in [1.29, 1.82) is 0 Å². The molecule has 0 fully saturated rings. The number of rotatable bonds is 8. The number of aryl methyl sites for hydroxylation is 2. The van der Waals surface area contributed by atoms with Gasteiger partial charge in [-0.2, -0.15) is 5.10 Å². The largest absolute Gasteiger partial charge is 0.356 e. The van der Waals surface area contributed by atoms with Crippen LogP contribution in [-0.2, 0) is 6.54 Å². The van der Waals surface area contributed by atoms with Crippen LogP contribution in [0.25, 0.3) is 0 Å². The van der Waals surface area contributed by atoms with E-state index in [9.17, 15) is 0 Å². The lowest BCUT2D eigenvalue weighted by Crippen LogP contribution is -2.39. The van der Waals surface area contributed by atoms with Gasteiger partial charge in [0.15, 0.2) is 5.96 Å². The second-order valence-corrected chi connectivity index (χ2v) is 6.38. The number of aromatic nitrogens is 2. The van der Waals surface area contributed by atoms with Crippen molar-refractivity contribution in [3.63, 3.8) is 0 Å². The highest BCUT2D eigenvalue weighted by Gasteiger charge is 1.98. The van der Waals surface area contributed by atoms with Crippen LogP contribution in [0.1, 0.15) is 12.0 Å². The minimum atomic E-state index is 0.